The van der Waals surface area contributed by atoms with Gasteiger partial charge >= 0.3 is 0 Å². The fourth-order valence-corrected chi connectivity index (χ4v) is 1.51. The van der Waals surface area contributed by atoms with E-state index in [4.69, 9.17) is 10.8 Å². The molecule has 15 heavy (non-hydrogen) atoms. The number of rotatable bonds is 3. The zero-order valence-electron chi connectivity index (χ0n) is 9.83. The molecular formula is C13H21NO. The van der Waals surface area contributed by atoms with E-state index in [1.807, 2.05) is 0 Å². The lowest BCUT2D eigenvalue weighted by molar-refractivity contribution is 0.265. The molecule has 84 valence electrons. The van der Waals surface area contributed by atoms with Gasteiger partial charge in [-0.3, -0.25) is 0 Å². The lowest BCUT2D eigenvalue weighted by Gasteiger charge is -2.19. The van der Waals surface area contributed by atoms with Crippen LogP contribution in [0.2, 0.25) is 0 Å². The molecule has 1 atom stereocenters. The summed E-state index contributed by atoms with van der Waals surface area (Å²) in [6.45, 7) is 6.63. The first kappa shape index (κ1) is 12.2. The molecule has 1 aromatic carbocycles. The van der Waals surface area contributed by atoms with E-state index in [-0.39, 0.29) is 18.1 Å². The first-order valence-electron chi connectivity index (χ1n) is 5.39. The highest BCUT2D eigenvalue weighted by Crippen LogP contribution is 2.22. The van der Waals surface area contributed by atoms with Crippen molar-refractivity contribution in [1.82, 2.24) is 0 Å². The molecule has 3 N–H and O–H groups in total. The van der Waals surface area contributed by atoms with Crippen molar-refractivity contribution in [2.24, 2.45) is 5.73 Å². The molecule has 1 aromatic rings. The molecule has 0 spiro atoms. The average Bonchev–Trinajstić information content (AvgIpc) is 2.17. The third-order valence-corrected chi connectivity index (χ3v) is 2.55. The molecule has 0 unspecified atom stereocenters. The van der Waals surface area contributed by atoms with Crippen molar-refractivity contribution in [3.05, 3.63) is 35.4 Å². The fourth-order valence-electron chi connectivity index (χ4n) is 1.51. The van der Waals surface area contributed by atoms with Gasteiger partial charge in [0.15, 0.2) is 0 Å². The van der Waals surface area contributed by atoms with Gasteiger partial charge in [-0.1, -0.05) is 45.0 Å². The molecule has 0 radical (unpaired) electrons. The predicted molar refractivity (Wildman–Crippen MR) is 63.9 cm³/mol. The molecule has 0 aliphatic heterocycles. The number of aliphatic hydroxyl groups is 1. The highest BCUT2D eigenvalue weighted by Gasteiger charge is 2.13. The van der Waals surface area contributed by atoms with Gasteiger partial charge in [0.1, 0.15) is 0 Å². The van der Waals surface area contributed by atoms with Gasteiger partial charge in [0, 0.05) is 6.04 Å². The van der Waals surface area contributed by atoms with Crippen LogP contribution in [-0.2, 0) is 11.8 Å². The lowest BCUT2D eigenvalue weighted by atomic mass is 9.86. The normalized spacial score (nSPS) is 13.9. The molecule has 0 aromatic heterocycles. The summed E-state index contributed by atoms with van der Waals surface area (Å²) in [5.41, 5.74) is 8.38. The van der Waals surface area contributed by atoms with Crippen LogP contribution < -0.4 is 5.73 Å². The molecule has 2 nitrogen and oxygen atoms in total. The quantitative estimate of drug-likeness (QED) is 0.794. The van der Waals surface area contributed by atoms with Crippen molar-refractivity contribution in [3.63, 3.8) is 0 Å². The Morgan fingerprint density at radius 2 is 1.73 bits per heavy atom. The molecule has 0 fully saturated rings. The Morgan fingerprint density at radius 3 is 2.13 bits per heavy atom. The van der Waals surface area contributed by atoms with Crippen LogP contribution in [0.1, 0.15) is 31.9 Å². The molecule has 0 aliphatic rings. The summed E-state index contributed by atoms with van der Waals surface area (Å²) in [5.74, 6) is 0. The maximum atomic E-state index is 8.85. The first-order chi connectivity index (χ1) is 6.93. The van der Waals surface area contributed by atoms with Crippen LogP contribution >= 0.6 is 0 Å². The van der Waals surface area contributed by atoms with E-state index >= 15 is 0 Å². The van der Waals surface area contributed by atoms with Crippen molar-refractivity contribution in [2.45, 2.75) is 38.6 Å². The van der Waals surface area contributed by atoms with Crippen LogP contribution in [0, 0.1) is 0 Å². The van der Waals surface area contributed by atoms with Crippen LogP contribution in [0.4, 0.5) is 0 Å². The van der Waals surface area contributed by atoms with Gasteiger partial charge in [-0.2, -0.15) is 0 Å². The molecule has 0 heterocycles. The third kappa shape index (κ3) is 3.65. The topological polar surface area (TPSA) is 46.2 Å². The largest absolute Gasteiger partial charge is 0.395 e. The van der Waals surface area contributed by atoms with Gasteiger partial charge in [0.05, 0.1) is 6.61 Å². The van der Waals surface area contributed by atoms with Crippen LogP contribution in [0.5, 0.6) is 0 Å². The van der Waals surface area contributed by atoms with Crippen LogP contribution in [-0.4, -0.2) is 17.8 Å². The Hall–Kier alpha value is -0.860. The Bertz CT molecular complexity index is 297. The van der Waals surface area contributed by atoms with Gasteiger partial charge in [-0.25, -0.2) is 0 Å². The number of hydrogen-bond donors (Lipinski definition) is 2. The van der Waals surface area contributed by atoms with Gasteiger partial charge in [0.25, 0.3) is 0 Å². The van der Waals surface area contributed by atoms with Crippen molar-refractivity contribution in [2.75, 3.05) is 6.61 Å². The number of aliphatic hydroxyl groups excluding tert-OH is 1. The SMILES string of the molecule is CC(C)(C)c1ccc(C[C@H](N)CO)cc1. The maximum Gasteiger partial charge on any atom is 0.0585 e. The Balaban J connectivity index is 2.73. The summed E-state index contributed by atoms with van der Waals surface area (Å²) in [4.78, 5) is 0. The Labute approximate surface area is 92.1 Å². The first-order valence-corrected chi connectivity index (χ1v) is 5.39. The van der Waals surface area contributed by atoms with Crippen molar-refractivity contribution >= 4 is 0 Å². The summed E-state index contributed by atoms with van der Waals surface area (Å²) >= 11 is 0. The van der Waals surface area contributed by atoms with Crippen LogP contribution in [0.25, 0.3) is 0 Å². The minimum atomic E-state index is -0.148. The molecule has 0 amide bonds. The number of benzene rings is 1. The molecule has 0 bridgehead atoms. The summed E-state index contributed by atoms with van der Waals surface area (Å²) in [6.07, 6.45) is 0.737. The standard InChI is InChI=1S/C13H21NO/c1-13(2,3)11-6-4-10(5-7-11)8-12(14)9-15/h4-7,12,15H,8-9,14H2,1-3H3/t12-/m0/s1. The second-order valence-corrected chi connectivity index (χ2v) is 5.09. The second-order valence-electron chi connectivity index (χ2n) is 5.09. The summed E-state index contributed by atoms with van der Waals surface area (Å²) < 4.78 is 0. The summed E-state index contributed by atoms with van der Waals surface area (Å²) in [6, 6.07) is 8.32. The van der Waals surface area contributed by atoms with E-state index in [1.165, 1.54) is 11.1 Å². The van der Waals surface area contributed by atoms with Crippen molar-refractivity contribution < 1.29 is 5.11 Å². The van der Waals surface area contributed by atoms with Crippen molar-refractivity contribution in [3.8, 4) is 0 Å². The minimum Gasteiger partial charge on any atom is -0.395 e. The molecule has 0 aliphatic carbocycles. The summed E-state index contributed by atoms with van der Waals surface area (Å²) in [5, 5.41) is 8.85. The molecule has 0 saturated carbocycles. The maximum absolute atomic E-state index is 8.85. The van der Waals surface area contributed by atoms with Gasteiger partial charge in [-0.05, 0) is 23.0 Å². The number of nitrogens with two attached hydrogens (primary N) is 1. The monoisotopic (exact) mass is 207 g/mol. The number of hydrogen-bond acceptors (Lipinski definition) is 2. The second kappa shape index (κ2) is 4.77. The zero-order valence-corrected chi connectivity index (χ0v) is 9.83. The molecule has 1 rings (SSSR count). The fraction of sp³-hybridized carbons (Fsp3) is 0.538. The van der Waals surface area contributed by atoms with E-state index < -0.39 is 0 Å². The smallest absolute Gasteiger partial charge is 0.0585 e. The predicted octanol–water partition coefficient (Wildman–Crippen LogP) is 1.85. The molecule has 0 saturated heterocycles. The third-order valence-electron chi connectivity index (χ3n) is 2.55. The van der Waals surface area contributed by atoms with Crippen LogP contribution in [0.15, 0.2) is 24.3 Å². The zero-order chi connectivity index (χ0) is 11.5. The van der Waals surface area contributed by atoms with Gasteiger partial charge < -0.3 is 10.8 Å². The Morgan fingerprint density at radius 1 is 1.20 bits per heavy atom. The van der Waals surface area contributed by atoms with E-state index in [9.17, 15) is 0 Å². The van der Waals surface area contributed by atoms with E-state index in [0.717, 1.165) is 6.42 Å². The molecular weight excluding hydrogens is 186 g/mol. The summed E-state index contributed by atoms with van der Waals surface area (Å²) in [7, 11) is 0. The van der Waals surface area contributed by atoms with Crippen LogP contribution in [0.3, 0.4) is 0 Å². The van der Waals surface area contributed by atoms with E-state index in [1.54, 1.807) is 0 Å². The lowest BCUT2D eigenvalue weighted by Crippen LogP contribution is -2.26. The minimum absolute atomic E-state index is 0.0427. The average molecular weight is 207 g/mol. The van der Waals surface area contributed by atoms with E-state index in [2.05, 4.69) is 45.0 Å². The van der Waals surface area contributed by atoms with Crippen molar-refractivity contribution in [1.29, 1.82) is 0 Å². The Kier molecular flexibility index (Phi) is 3.89. The highest BCUT2D eigenvalue weighted by molar-refractivity contribution is 5.27. The van der Waals surface area contributed by atoms with Gasteiger partial charge in [0.2, 0.25) is 0 Å². The molecule has 2 heteroatoms. The van der Waals surface area contributed by atoms with Gasteiger partial charge in [-0.15, -0.1) is 0 Å². The van der Waals surface area contributed by atoms with E-state index in [0.29, 0.717) is 0 Å². The highest BCUT2D eigenvalue weighted by atomic mass is 16.3.